The third-order valence-electron chi connectivity index (χ3n) is 4.09. The predicted octanol–water partition coefficient (Wildman–Crippen LogP) is 1.35. The lowest BCUT2D eigenvalue weighted by Crippen LogP contribution is -2.37. The van der Waals surface area contributed by atoms with Crippen LogP contribution >= 0.6 is 0 Å². The molecule has 1 aromatic rings. The minimum atomic E-state index is -0.771. The van der Waals surface area contributed by atoms with E-state index in [0.29, 0.717) is 30.8 Å². The van der Waals surface area contributed by atoms with Crippen molar-refractivity contribution < 1.29 is 14.8 Å². The van der Waals surface area contributed by atoms with Crippen LogP contribution in [-0.2, 0) is 4.79 Å². The van der Waals surface area contributed by atoms with Crippen molar-refractivity contribution in [1.29, 1.82) is 0 Å². The van der Waals surface area contributed by atoms with Gasteiger partial charge in [0.1, 0.15) is 5.69 Å². The first-order valence-electron chi connectivity index (χ1n) is 6.76. The quantitative estimate of drug-likeness (QED) is 0.643. The molecule has 0 aromatic heterocycles. The van der Waals surface area contributed by atoms with Crippen LogP contribution in [0.2, 0.25) is 0 Å². The van der Waals surface area contributed by atoms with E-state index >= 15 is 0 Å². The molecule has 0 radical (unpaired) electrons. The van der Waals surface area contributed by atoms with Crippen LogP contribution in [-0.4, -0.2) is 29.0 Å². The highest BCUT2D eigenvalue weighted by molar-refractivity contribution is 5.82. The van der Waals surface area contributed by atoms with Crippen LogP contribution < -0.4 is 10.6 Å². The number of hydrogen-bond donors (Lipinski definition) is 2. The molecule has 1 fully saturated rings. The number of primary amides is 1. The van der Waals surface area contributed by atoms with Gasteiger partial charge in [0, 0.05) is 19.2 Å². The summed E-state index contributed by atoms with van der Waals surface area (Å²) in [4.78, 5) is 24.1. The van der Waals surface area contributed by atoms with Crippen LogP contribution in [0.15, 0.2) is 18.2 Å². The number of anilines is 1. The van der Waals surface area contributed by atoms with E-state index in [2.05, 4.69) is 0 Å². The summed E-state index contributed by atoms with van der Waals surface area (Å²) in [5.74, 6) is -0.395. The first kappa shape index (κ1) is 15.2. The zero-order chi connectivity index (χ0) is 15.8. The molecular formula is C14H19N3O4. The Kier molecular flexibility index (Phi) is 3.87. The summed E-state index contributed by atoms with van der Waals surface area (Å²) < 4.78 is 0. The summed E-state index contributed by atoms with van der Waals surface area (Å²) in [7, 11) is 0. The Balaban J connectivity index is 2.37. The molecule has 2 atom stereocenters. The average Bonchev–Trinajstić information content (AvgIpc) is 2.82. The van der Waals surface area contributed by atoms with E-state index in [1.807, 2.05) is 0 Å². The number of hydrogen-bond acceptors (Lipinski definition) is 5. The van der Waals surface area contributed by atoms with Crippen LogP contribution in [0, 0.1) is 15.5 Å². The van der Waals surface area contributed by atoms with Crippen molar-refractivity contribution in [2.75, 3.05) is 18.0 Å². The zero-order valence-corrected chi connectivity index (χ0v) is 12.1. The zero-order valence-electron chi connectivity index (χ0n) is 12.1. The standard InChI is InChI=1S/C14H19N3O4/c1-9(18)10-3-4-11(12(7-10)17(20)21)16-6-5-14(2,8-16)13(15)19/h3-4,7,9,18H,5-6,8H2,1-2H3,(H2,15,19). The summed E-state index contributed by atoms with van der Waals surface area (Å²) in [5, 5.41) is 20.8. The molecule has 0 saturated carbocycles. The third-order valence-corrected chi connectivity index (χ3v) is 4.09. The Morgan fingerprint density at radius 2 is 2.24 bits per heavy atom. The van der Waals surface area contributed by atoms with Gasteiger partial charge in [0.15, 0.2) is 0 Å². The average molecular weight is 293 g/mol. The first-order chi connectivity index (χ1) is 9.74. The summed E-state index contributed by atoms with van der Waals surface area (Å²) >= 11 is 0. The second kappa shape index (κ2) is 5.33. The van der Waals surface area contributed by atoms with Crippen LogP contribution in [0.4, 0.5) is 11.4 Å². The minimum Gasteiger partial charge on any atom is -0.389 e. The minimum absolute atomic E-state index is 0.0675. The van der Waals surface area contributed by atoms with Gasteiger partial charge < -0.3 is 15.7 Å². The molecule has 1 aliphatic rings. The van der Waals surface area contributed by atoms with E-state index in [0.717, 1.165) is 0 Å². The van der Waals surface area contributed by atoms with Crippen molar-refractivity contribution in [3.05, 3.63) is 33.9 Å². The molecule has 0 spiro atoms. The fourth-order valence-corrected chi connectivity index (χ4v) is 2.58. The van der Waals surface area contributed by atoms with Gasteiger partial charge in [0.25, 0.3) is 5.69 Å². The molecular weight excluding hydrogens is 274 g/mol. The van der Waals surface area contributed by atoms with Crippen molar-refractivity contribution in [1.82, 2.24) is 0 Å². The Labute approximate surface area is 122 Å². The highest BCUT2D eigenvalue weighted by atomic mass is 16.6. The number of nitro benzene ring substituents is 1. The lowest BCUT2D eigenvalue weighted by atomic mass is 9.89. The van der Waals surface area contributed by atoms with Gasteiger partial charge in [-0.2, -0.15) is 0 Å². The van der Waals surface area contributed by atoms with E-state index < -0.39 is 22.3 Å². The van der Waals surface area contributed by atoms with Gasteiger partial charge in [-0.05, 0) is 31.9 Å². The third kappa shape index (κ3) is 2.82. The second-order valence-electron chi connectivity index (χ2n) is 5.78. The maximum Gasteiger partial charge on any atom is 0.292 e. The van der Waals surface area contributed by atoms with Crippen LogP contribution in [0.3, 0.4) is 0 Å². The molecule has 1 amide bonds. The normalized spacial score (nSPS) is 23.1. The van der Waals surface area contributed by atoms with E-state index in [4.69, 9.17) is 5.73 Å². The molecule has 21 heavy (non-hydrogen) atoms. The van der Waals surface area contributed by atoms with Crippen LogP contribution in [0.25, 0.3) is 0 Å². The lowest BCUT2D eigenvalue weighted by Gasteiger charge is -2.22. The van der Waals surface area contributed by atoms with E-state index in [-0.39, 0.29) is 5.69 Å². The highest BCUT2D eigenvalue weighted by Gasteiger charge is 2.40. The number of carbonyl (C=O) groups excluding carboxylic acids is 1. The molecule has 1 aliphatic heterocycles. The number of nitrogens with two attached hydrogens (primary N) is 1. The molecule has 2 unspecified atom stereocenters. The number of aliphatic hydroxyl groups is 1. The summed E-state index contributed by atoms with van der Waals surface area (Å²) in [6.45, 7) is 4.22. The van der Waals surface area contributed by atoms with Crippen molar-refractivity contribution in [2.45, 2.75) is 26.4 Å². The number of nitro groups is 1. The van der Waals surface area contributed by atoms with Gasteiger partial charge in [-0.15, -0.1) is 0 Å². The van der Waals surface area contributed by atoms with Gasteiger partial charge in [-0.25, -0.2) is 0 Å². The van der Waals surface area contributed by atoms with Crippen molar-refractivity contribution in [3.63, 3.8) is 0 Å². The van der Waals surface area contributed by atoms with E-state index in [1.165, 1.54) is 6.07 Å². The van der Waals surface area contributed by atoms with Crippen molar-refractivity contribution in [2.24, 2.45) is 11.1 Å². The van der Waals surface area contributed by atoms with Crippen LogP contribution in [0.1, 0.15) is 31.9 Å². The highest BCUT2D eigenvalue weighted by Crippen LogP contribution is 2.38. The van der Waals surface area contributed by atoms with Crippen molar-refractivity contribution >= 4 is 17.3 Å². The van der Waals surface area contributed by atoms with Gasteiger partial charge in [-0.3, -0.25) is 14.9 Å². The number of nitrogens with zero attached hydrogens (tertiary/aromatic N) is 2. The topological polar surface area (TPSA) is 110 Å². The SMILES string of the molecule is CC(O)c1ccc(N2CCC(C)(C(N)=O)C2)c([N+](=O)[O-])c1. The monoisotopic (exact) mass is 293 g/mol. The molecule has 2 rings (SSSR count). The van der Waals surface area contributed by atoms with Gasteiger partial charge in [0.2, 0.25) is 5.91 Å². The molecule has 0 bridgehead atoms. The number of carbonyl (C=O) groups is 1. The molecule has 1 heterocycles. The van der Waals surface area contributed by atoms with Gasteiger partial charge in [-0.1, -0.05) is 6.07 Å². The second-order valence-corrected chi connectivity index (χ2v) is 5.78. The molecule has 3 N–H and O–H groups in total. The molecule has 114 valence electrons. The Bertz CT molecular complexity index is 588. The maximum absolute atomic E-state index is 11.5. The van der Waals surface area contributed by atoms with E-state index in [1.54, 1.807) is 30.9 Å². The Hall–Kier alpha value is -2.15. The molecule has 7 nitrogen and oxygen atoms in total. The molecule has 1 saturated heterocycles. The lowest BCUT2D eigenvalue weighted by molar-refractivity contribution is -0.384. The van der Waals surface area contributed by atoms with Gasteiger partial charge >= 0.3 is 0 Å². The number of benzene rings is 1. The predicted molar refractivity (Wildman–Crippen MR) is 77.9 cm³/mol. The first-order valence-corrected chi connectivity index (χ1v) is 6.76. The fraction of sp³-hybridized carbons (Fsp3) is 0.500. The van der Waals surface area contributed by atoms with E-state index in [9.17, 15) is 20.0 Å². The van der Waals surface area contributed by atoms with Gasteiger partial charge in [0.05, 0.1) is 16.4 Å². The Morgan fingerprint density at radius 3 is 2.71 bits per heavy atom. The number of aliphatic hydroxyl groups excluding tert-OH is 1. The van der Waals surface area contributed by atoms with Crippen molar-refractivity contribution in [3.8, 4) is 0 Å². The maximum atomic E-state index is 11.5. The largest absolute Gasteiger partial charge is 0.389 e. The number of rotatable bonds is 4. The molecule has 0 aliphatic carbocycles. The summed E-state index contributed by atoms with van der Waals surface area (Å²) in [5.41, 5.74) is 5.61. The Morgan fingerprint density at radius 1 is 1.57 bits per heavy atom. The summed E-state index contributed by atoms with van der Waals surface area (Å²) in [6, 6.07) is 4.65. The van der Waals surface area contributed by atoms with Crippen LogP contribution in [0.5, 0.6) is 0 Å². The molecule has 7 heteroatoms. The fourth-order valence-electron chi connectivity index (χ4n) is 2.58. The molecule has 1 aromatic carbocycles. The number of amides is 1. The summed E-state index contributed by atoms with van der Waals surface area (Å²) in [6.07, 6.45) is -0.204. The smallest absolute Gasteiger partial charge is 0.292 e.